The zero-order valence-electron chi connectivity index (χ0n) is 9.48. The molecule has 0 aliphatic heterocycles. The van der Waals surface area contributed by atoms with Gasteiger partial charge in [-0.3, -0.25) is 0 Å². The predicted molar refractivity (Wildman–Crippen MR) is 58.9 cm³/mol. The maximum absolute atomic E-state index is 12.6. The quantitative estimate of drug-likeness (QED) is 0.848. The van der Waals surface area contributed by atoms with E-state index in [0.29, 0.717) is 0 Å². The molecule has 0 aromatic carbocycles. The van der Waals surface area contributed by atoms with Crippen molar-refractivity contribution in [3.8, 4) is 0 Å². The summed E-state index contributed by atoms with van der Waals surface area (Å²) in [5.41, 5.74) is 5.37. The van der Waals surface area contributed by atoms with E-state index in [1.807, 2.05) is 0 Å². The highest BCUT2D eigenvalue weighted by atomic mass is 19.4. The average Bonchev–Trinajstić information content (AvgIpc) is 3.07. The van der Waals surface area contributed by atoms with E-state index in [0.717, 1.165) is 12.8 Å². The van der Waals surface area contributed by atoms with E-state index >= 15 is 0 Å². The molecule has 5 nitrogen and oxygen atoms in total. The molecule has 1 aromatic rings. The predicted octanol–water partition coefficient (Wildman–Crippen LogP) is 1.04. The molecule has 0 atom stereocenters. The smallest absolute Gasteiger partial charge is 0.395 e. The lowest BCUT2D eigenvalue weighted by molar-refractivity contribution is -0.144. The molecule has 2 rings (SSSR count). The molecular weight excluding hydrogens is 249 g/mol. The largest absolute Gasteiger partial charge is 0.451 e. The van der Waals surface area contributed by atoms with E-state index in [2.05, 4.69) is 9.97 Å². The summed E-state index contributed by atoms with van der Waals surface area (Å²) in [6.45, 7) is 0.0835. The third-order valence-corrected chi connectivity index (χ3v) is 2.61. The van der Waals surface area contributed by atoms with Crippen LogP contribution in [0.4, 0.5) is 24.8 Å². The van der Waals surface area contributed by atoms with Crippen LogP contribution in [-0.4, -0.2) is 34.3 Å². The number of anilines is 2. The van der Waals surface area contributed by atoms with Crippen molar-refractivity contribution in [1.82, 2.24) is 9.97 Å². The van der Waals surface area contributed by atoms with Gasteiger partial charge in [0.25, 0.3) is 0 Å². The van der Waals surface area contributed by atoms with Crippen LogP contribution in [0.3, 0.4) is 0 Å². The summed E-state index contributed by atoms with van der Waals surface area (Å²) in [4.78, 5) is 8.30. The van der Waals surface area contributed by atoms with Crippen LogP contribution in [0.5, 0.6) is 0 Å². The van der Waals surface area contributed by atoms with Gasteiger partial charge in [-0.15, -0.1) is 0 Å². The van der Waals surface area contributed by atoms with Gasteiger partial charge < -0.3 is 15.7 Å². The minimum atomic E-state index is -4.63. The van der Waals surface area contributed by atoms with Crippen molar-refractivity contribution in [1.29, 1.82) is 0 Å². The second-order valence-corrected chi connectivity index (χ2v) is 4.12. The highest BCUT2D eigenvalue weighted by Gasteiger charge is 2.37. The first kappa shape index (κ1) is 12.9. The van der Waals surface area contributed by atoms with Gasteiger partial charge in [-0.25, -0.2) is 9.97 Å². The molecule has 1 heterocycles. The Balaban J connectivity index is 2.34. The Morgan fingerprint density at radius 3 is 2.56 bits per heavy atom. The van der Waals surface area contributed by atoms with Gasteiger partial charge in [0.05, 0.1) is 6.61 Å². The van der Waals surface area contributed by atoms with Crippen molar-refractivity contribution in [3.63, 3.8) is 0 Å². The fraction of sp³-hybridized carbons (Fsp3) is 0.600. The van der Waals surface area contributed by atoms with Crippen molar-refractivity contribution < 1.29 is 18.3 Å². The summed E-state index contributed by atoms with van der Waals surface area (Å²) in [7, 11) is 0. The van der Waals surface area contributed by atoms with E-state index in [4.69, 9.17) is 10.8 Å². The summed E-state index contributed by atoms with van der Waals surface area (Å²) >= 11 is 0. The number of hydrogen-bond acceptors (Lipinski definition) is 5. The highest BCUT2D eigenvalue weighted by Crippen LogP contribution is 2.33. The number of nitrogens with two attached hydrogens (primary N) is 1. The van der Waals surface area contributed by atoms with Crippen LogP contribution < -0.4 is 10.6 Å². The second-order valence-electron chi connectivity index (χ2n) is 4.12. The number of alkyl halides is 3. The van der Waals surface area contributed by atoms with Crippen LogP contribution >= 0.6 is 0 Å². The normalized spacial score (nSPS) is 15.8. The first-order chi connectivity index (χ1) is 8.41. The number of nitrogens with zero attached hydrogens (tertiary/aromatic N) is 3. The van der Waals surface area contributed by atoms with Crippen LogP contribution in [0.15, 0.2) is 6.07 Å². The fourth-order valence-corrected chi connectivity index (χ4v) is 1.70. The Bertz CT molecular complexity index is 434. The van der Waals surface area contributed by atoms with E-state index in [9.17, 15) is 13.2 Å². The Morgan fingerprint density at radius 2 is 2.06 bits per heavy atom. The van der Waals surface area contributed by atoms with Gasteiger partial charge in [-0.2, -0.15) is 13.2 Å². The minimum absolute atomic E-state index is 0.117. The molecule has 3 N–H and O–H groups in total. The van der Waals surface area contributed by atoms with Crippen LogP contribution in [0, 0.1) is 0 Å². The standard InChI is InChI=1S/C10H13F3N4O/c11-10(12,13)9-15-7(14)5-8(16-9)17(3-4-18)6-1-2-6/h5-6,18H,1-4H2,(H2,14,15,16). The lowest BCUT2D eigenvalue weighted by Gasteiger charge is -2.23. The second kappa shape index (κ2) is 4.60. The van der Waals surface area contributed by atoms with Crippen LogP contribution in [0.2, 0.25) is 0 Å². The van der Waals surface area contributed by atoms with Crippen molar-refractivity contribution in [3.05, 3.63) is 11.9 Å². The van der Waals surface area contributed by atoms with Crippen molar-refractivity contribution in [2.45, 2.75) is 25.1 Å². The summed E-state index contributed by atoms with van der Waals surface area (Å²) in [5, 5.41) is 8.93. The highest BCUT2D eigenvalue weighted by molar-refractivity contribution is 5.49. The fourth-order valence-electron chi connectivity index (χ4n) is 1.70. The molecule has 0 bridgehead atoms. The van der Waals surface area contributed by atoms with E-state index in [1.165, 1.54) is 6.07 Å². The van der Waals surface area contributed by atoms with Crippen LogP contribution in [0.1, 0.15) is 18.7 Å². The molecule has 1 aromatic heterocycles. The number of halogens is 3. The number of aliphatic hydroxyl groups is 1. The summed E-state index contributed by atoms with van der Waals surface area (Å²) < 4.78 is 37.7. The van der Waals surface area contributed by atoms with Crippen molar-refractivity contribution >= 4 is 11.6 Å². The number of nitrogen functional groups attached to an aromatic ring is 1. The zero-order valence-corrected chi connectivity index (χ0v) is 9.48. The average molecular weight is 262 g/mol. The molecule has 0 spiro atoms. The first-order valence-corrected chi connectivity index (χ1v) is 5.51. The Labute approximate surface area is 101 Å². The SMILES string of the molecule is Nc1cc(N(CCO)C2CC2)nc(C(F)(F)F)n1. The monoisotopic (exact) mass is 262 g/mol. The summed E-state index contributed by atoms with van der Waals surface area (Å²) in [6.07, 6.45) is -2.87. The third kappa shape index (κ3) is 2.81. The lowest BCUT2D eigenvalue weighted by Crippen LogP contribution is -2.30. The van der Waals surface area contributed by atoms with Gasteiger partial charge in [0.15, 0.2) is 0 Å². The molecule has 1 fully saturated rings. The Morgan fingerprint density at radius 1 is 1.39 bits per heavy atom. The number of aromatic nitrogens is 2. The third-order valence-electron chi connectivity index (χ3n) is 2.61. The maximum atomic E-state index is 12.6. The molecule has 0 saturated heterocycles. The van der Waals surface area contributed by atoms with Crippen molar-refractivity contribution in [2.24, 2.45) is 0 Å². The van der Waals surface area contributed by atoms with Crippen LogP contribution in [-0.2, 0) is 6.18 Å². The van der Waals surface area contributed by atoms with Gasteiger partial charge in [-0.05, 0) is 12.8 Å². The molecular formula is C10H13F3N4O. The van der Waals surface area contributed by atoms with E-state index in [1.54, 1.807) is 4.90 Å². The number of rotatable bonds is 4. The van der Waals surface area contributed by atoms with E-state index in [-0.39, 0.29) is 30.8 Å². The number of aliphatic hydroxyl groups excluding tert-OH is 1. The van der Waals surface area contributed by atoms with Gasteiger partial charge >= 0.3 is 6.18 Å². The summed E-state index contributed by atoms with van der Waals surface area (Å²) in [6, 6.07) is 1.43. The molecule has 18 heavy (non-hydrogen) atoms. The first-order valence-electron chi connectivity index (χ1n) is 5.51. The molecule has 0 unspecified atom stereocenters. The summed E-state index contributed by atoms with van der Waals surface area (Å²) in [5.74, 6) is -1.36. The van der Waals surface area contributed by atoms with Gasteiger partial charge in [0.2, 0.25) is 5.82 Å². The van der Waals surface area contributed by atoms with E-state index < -0.39 is 12.0 Å². The molecule has 1 saturated carbocycles. The number of hydrogen-bond donors (Lipinski definition) is 2. The van der Waals surface area contributed by atoms with Gasteiger partial charge in [0.1, 0.15) is 11.6 Å². The van der Waals surface area contributed by atoms with Gasteiger partial charge in [0, 0.05) is 18.7 Å². The van der Waals surface area contributed by atoms with Crippen molar-refractivity contribution in [2.75, 3.05) is 23.8 Å². The maximum Gasteiger partial charge on any atom is 0.451 e. The van der Waals surface area contributed by atoms with Gasteiger partial charge in [-0.1, -0.05) is 0 Å². The zero-order chi connectivity index (χ0) is 13.3. The molecule has 100 valence electrons. The minimum Gasteiger partial charge on any atom is -0.395 e. The molecule has 1 aliphatic carbocycles. The van der Waals surface area contributed by atoms with Crippen LogP contribution in [0.25, 0.3) is 0 Å². The molecule has 0 radical (unpaired) electrons. The molecule has 8 heteroatoms. The lowest BCUT2D eigenvalue weighted by atomic mass is 10.4. The Hall–Kier alpha value is -1.57. The molecule has 0 amide bonds. The molecule has 1 aliphatic rings. The topological polar surface area (TPSA) is 75.3 Å². The Kier molecular flexibility index (Phi) is 3.29.